The van der Waals surface area contributed by atoms with Crippen LogP contribution in [0.4, 0.5) is 4.39 Å². The predicted molar refractivity (Wildman–Crippen MR) is 55.5 cm³/mol. The summed E-state index contributed by atoms with van der Waals surface area (Å²) < 4.78 is 15.0. The van der Waals surface area contributed by atoms with Crippen LogP contribution in [-0.2, 0) is 13.6 Å². The van der Waals surface area contributed by atoms with Gasteiger partial charge in [0.15, 0.2) is 0 Å². The molecule has 0 spiro atoms. The molecule has 2 aromatic rings. The van der Waals surface area contributed by atoms with Crippen LogP contribution in [0.5, 0.6) is 0 Å². The lowest BCUT2D eigenvalue weighted by Crippen LogP contribution is -2.04. The minimum absolute atomic E-state index is 0.199. The number of aryl methyl sites for hydroxylation is 2. The van der Waals surface area contributed by atoms with Crippen LogP contribution >= 0.6 is 0 Å². The van der Waals surface area contributed by atoms with Crippen molar-refractivity contribution in [3.8, 4) is 0 Å². The standard InChI is InChI=1S/C11H13FN2/c1-7-9-5-8(12)3-4-10(9)14(2)11(7)6-13/h3-5H,6,13H2,1-2H3. The number of nitrogens with two attached hydrogens (primary N) is 1. The van der Waals surface area contributed by atoms with Crippen molar-refractivity contribution in [3.05, 3.63) is 35.3 Å². The highest BCUT2D eigenvalue weighted by Gasteiger charge is 2.10. The van der Waals surface area contributed by atoms with E-state index in [1.165, 1.54) is 6.07 Å². The molecule has 0 aliphatic carbocycles. The summed E-state index contributed by atoms with van der Waals surface area (Å²) in [6.45, 7) is 2.46. The van der Waals surface area contributed by atoms with E-state index in [4.69, 9.17) is 5.73 Å². The molecular formula is C11H13FN2. The lowest BCUT2D eigenvalue weighted by Gasteiger charge is -2.00. The van der Waals surface area contributed by atoms with Gasteiger partial charge in [-0.15, -0.1) is 0 Å². The van der Waals surface area contributed by atoms with Crippen LogP contribution in [0.2, 0.25) is 0 Å². The van der Waals surface area contributed by atoms with Crippen LogP contribution in [0, 0.1) is 12.7 Å². The Labute approximate surface area is 82.1 Å². The van der Waals surface area contributed by atoms with Crippen molar-refractivity contribution >= 4 is 10.9 Å². The smallest absolute Gasteiger partial charge is 0.123 e. The molecule has 0 atom stereocenters. The van der Waals surface area contributed by atoms with Crippen LogP contribution in [0.25, 0.3) is 10.9 Å². The molecule has 2 N–H and O–H groups in total. The van der Waals surface area contributed by atoms with E-state index in [1.807, 2.05) is 18.5 Å². The molecule has 14 heavy (non-hydrogen) atoms. The number of hydrogen-bond acceptors (Lipinski definition) is 1. The van der Waals surface area contributed by atoms with Gasteiger partial charge in [0.05, 0.1) is 0 Å². The monoisotopic (exact) mass is 192 g/mol. The molecule has 0 aliphatic rings. The number of nitrogens with zero attached hydrogens (tertiary/aromatic N) is 1. The Morgan fingerprint density at radius 1 is 1.43 bits per heavy atom. The summed E-state index contributed by atoms with van der Waals surface area (Å²) in [7, 11) is 1.95. The van der Waals surface area contributed by atoms with Gasteiger partial charge < -0.3 is 10.3 Å². The van der Waals surface area contributed by atoms with E-state index in [2.05, 4.69) is 0 Å². The number of fused-ring (bicyclic) bond motifs is 1. The van der Waals surface area contributed by atoms with Crippen molar-refractivity contribution in [2.24, 2.45) is 12.8 Å². The molecule has 74 valence electrons. The average Bonchev–Trinajstić information content (AvgIpc) is 2.39. The fourth-order valence-corrected chi connectivity index (χ4v) is 1.94. The molecule has 0 aliphatic heterocycles. The lowest BCUT2D eigenvalue weighted by atomic mass is 10.1. The molecule has 0 bridgehead atoms. The maximum atomic E-state index is 13.0. The third-order valence-corrected chi connectivity index (χ3v) is 2.76. The van der Waals surface area contributed by atoms with E-state index in [9.17, 15) is 4.39 Å². The number of hydrogen-bond donors (Lipinski definition) is 1. The molecule has 1 aromatic carbocycles. The maximum Gasteiger partial charge on any atom is 0.123 e. The van der Waals surface area contributed by atoms with Gasteiger partial charge in [0.1, 0.15) is 5.82 Å². The third kappa shape index (κ3) is 1.13. The first-order chi connectivity index (χ1) is 6.65. The number of aromatic nitrogens is 1. The number of rotatable bonds is 1. The van der Waals surface area contributed by atoms with Crippen LogP contribution in [0.15, 0.2) is 18.2 Å². The highest BCUT2D eigenvalue weighted by Crippen LogP contribution is 2.24. The summed E-state index contributed by atoms with van der Waals surface area (Å²) in [4.78, 5) is 0. The minimum Gasteiger partial charge on any atom is -0.346 e. The SMILES string of the molecule is Cc1c(CN)n(C)c2ccc(F)cc12. The van der Waals surface area contributed by atoms with Crippen molar-refractivity contribution < 1.29 is 4.39 Å². The molecule has 0 fully saturated rings. The van der Waals surface area contributed by atoms with Crippen molar-refractivity contribution in [3.63, 3.8) is 0 Å². The Morgan fingerprint density at radius 2 is 2.14 bits per heavy atom. The summed E-state index contributed by atoms with van der Waals surface area (Å²) in [6, 6.07) is 4.82. The summed E-state index contributed by atoms with van der Waals surface area (Å²) >= 11 is 0. The van der Waals surface area contributed by atoms with Crippen molar-refractivity contribution in [1.29, 1.82) is 0 Å². The topological polar surface area (TPSA) is 30.9 Å². The Morgan fingerprint density at radius 3 is 2.79 bits per heavy atom. The van der Waals surface area contributed by atoms with E-state index in [-0.39, 0.29) is 5.82 Å². The van der Waals surface area contributed by atoms with Crippen LogP contribution in [0.1, 0.15) is 11.3 Å². The Bertz CT molecular complexity index is 485. The Kier molecular flexibility index (Phi) is 2.04. The average molecular weight is 192 g/mol. The summed E-state index contributed by atoms with van der Waals surface area (Å²) in [5.41, 5.74) is 8.80. The predicted octanol–water partition coefficient (Wildman–Crippen LogP) is 2.08. The molecule has 0 saturated carbocycles. The van der Waals surface area contributed by atoms with Gasteiger partial charge >= 0.3 is 0 Å². The quantitative estimate of drug-likeness (QED) is 0.736. The first kappa shape index (κ1) is 9.21. The van der Waals surface area contributed by atoms with Gasteiger partial charge in [-0.2, -0.15) is 0 Å². The van der Waals surface area contributed by atoms with Gasteiger partial charge in [-0.1, -0.05) is 0 Å². The number of halogens is 1. The fourth-order valence-electron chi connectivity index (χ4n) is 1.94. The van der Waals surface area contributed by atoms with Crippen LogP contribution in [0.3, 0.4) is 0 Å². The van der Waals surface area contributed by atoms with E-state index in [1.54, 1.807) is 12.1 Å². The molecule has 1 heterocycles. The largest absolute Gasteiger partial charge is 0.346 e. The van der Waals surface area contributed by atoms with Crippen molar-refractivity contribution in [2.45, 2.75) is 13.5 Å². The van der Waals surface area contributed by atoms with E-state index in [0.29, 0.717) is 6.54 Å². The fraction of sp³-hybridized carbons (Fsp3) is 0.273. The van der Waals surface area contributed by atoms with E-state index < -0.39 is 0 Å². The van der Waals surface area contributed by atoms with Crippen LogP contribution in [-0.4, -0.2) is 4.57 Å². The molecular weight excluding hydrogens is 179 g/mol. The lowest BCUT2D eigenvalue weighted by molar-refractivity contribution is 0.629. The molecule has 0 amide bonds. The zero-order valence-corrected chi connectivity index (χ0v) is 8.34. The highest BCUT2D eigenvalue weighted by atomic mass is 19.1. The second-order valence-electron chi connectivity index (χ2n) is 3.50. The van der Waals surface area contributed by atoms with Gasteiger partial charge in [0.25, 0.3) is 0 Å². The summed E-state index contributed by atoms with van der Waals surface area (Å²) in [5, 5.41) is 0.952. The first-order valence-corrected chi connectivity index (χ1v) is 4.58. The van der Waals surface area contributed by atoms with E-state index in [0.717, 1.165) is 22.2 Å². The maximum absolute atomic E-state index is 13.0. The second-order valence-corrected chi connectivity index (χ2v) is 3.50. The zero-order chi connectivity index (χ0) is 10.3. The van der Waals surface area contributed by atoms with Crippen molar-refractivity contribution in [2.75, 3.05) is 0 Å². The molecule has 0 radical (unpaired) electrons. The molecule has 1 aromatic heterocycles. The Balaban J connectivity index is 2.87. The number of benzene rings is 1. The van der Waals surface area contributed by atoms with Gasteiger partial charge in [0.2, 0.25) is 0 Å². The minimum atomic E-state index is -0.199. The van der Waals surface area contributed by atoms with E-state index >= 15 is 0 Å². The Hall–Kier alpha value is -1.35. The van der Waals surface area contributed by atoms with Crippen molar-refractivity contribution in [1.82, 2.24) is 4.57 Å². The summed E-state index contributed by atoms with van der Waals surface area (Å²) in [5.74, 6) is -0.199. The molecule has 3 heteroatoms. The van der Waals surface area contributed by atoms with Gasteiger partial charge in [-0.3, -0.25) is 0 Å². The van der Waals surface area contributed by atoms with Crippen LogP contribution < -0.4 is 5.73 Å². The second kappa shape index (κ2) is 3.10. The third-order valence-electron chi connectivity index (χ3n) is 2.76. The molecule has 0 saturated heterocycles. The van der Waals surface area contributed by atoms with Gasteiger partial charge in [-0.25, -0.2) is 4.39 Å². The van der Waals surface area contributed by atoms with Gasteiger partial charge in [0, 0.05) is 30.2 Å². The van der Waals surface area contributed by atoms with Gasteiger partial charge in [-0.05, 0) is 30.7 Å². The highest BCUT2D eigenvalue weighted by molar-refractivity contribution is 5.85. The molecule has 0 unspecified atom stereocenters. The normalized spacial score (nSPS) is 11.1. The zero-order valence-electron chi connectivity index (χ0n) is 8.34. The summed E-state index contributed by atoms with van der Waals surface area (Å²) in [6.07, 6.45) is 0. The first-order valence-electron chi connectivity index (χ1n) is 4.58. The molecule has 2 nitrogen and oxygen atoms in total. The molecule has 2 rings (SSSR count).